The Balaban J connectivity index is 1.93. The molecule has 1 aromatic heterocycles. The van der Waals surface area contributed by atoms with Crippen molar-refractivity contribution in [2.45, 2.75) is 39.7 Å². The van der Waals surface area contributed by atoms with Gasteiger partial charge in [0.1, 0.15) is 5.82 Å². The standard InChI is InChI=1S/C17H20FN3O2S/c1-10-5-6-11(18)7-13(10)21-15(23)14(22)19-8-12-9-24-16(20-12)17(2,3)4/h5-7,9H,8H2,1-4H3,(H,19,22)(H,21,23). The largest absolute Gasteiger partial charge is 0.342 e. The zero-order chi connectivity index (χ0) is 17.9. The van der Waals surface area contributed by atoms with Crippen LogP contribution in [0.1, 0.15) is 37.0 Å². The van der Waals surface area contributed by atoms with Gasteiger partial charge in [0, 0.05) is 16.5 Å². The van der Waals surface area contributed by atoms with Crippen molar-refractivity contribution >= 4 is 28.8 Å². The molecule has 0 bridgehead atoms. The maximum atomic E-state index is 13.2. The van der Waals surface area contributed by atoms with Crippen LogP contribution < -0.4 is 10.6 Å². The quantitative estimate of drug-likeness (QED) is 0.836. The average Bonchev–Trinajstić information content (AvgIpc) is 2.97. The Labute approximate surface area is 144 Å². The van der Waals surface area contributed by atoms with Gasteiger partial charge in [-0.1, -0.05) is 26.8 Å². The van der Waals surface area contributed by atoms with Gasteiger partial charge in [0.05, 0.1) is 17.2 Å². The third-order valence-electron chi connectivity index (χ3n) is 3.28. The van der Waals surface area contributed by atoms with Crippen molar-refractivity contribution in [3.8, 4) is 0 Å². The molecular weight excluding hydrogens is 329 g/mol. The molecule has 0 aliphatic heterocycles. The predicted octanol–water partition coefficient (Wildman–Crippen LogP) is 3.14. The lowest BCUT2D eigenvalue weighted by Gasteiger charge is -2.13. The Kier molecular flexibility index (Phi) is 5.33. The Bertz CT molecular complexity index is 765. The number of aryl methyl sites for hydroxylation is 1. The smallest absolute Gasteiger partial charge is 0.313 e. The summed E-state index contributed by atoms with van der Waals surface area (Å²) >= 11 is 1.52. The number of nitrogens with one attached hydrogen (secondary N) is 2. The number of carbonyl (C=O) groups excluding carboxylic acids is 2. The summed E-state index contributed by atoms with van der Waals surface area (Å²) < 4.78 is 13.2. The molecule has 0 unspecified atom stereocenters. The minimum absolute atomic E-state index is 0.0563. The molecule has 1 heterocycles. The van der Waals surface area contributed by atoms with Gasteiger partial charge in [-0.15, -0.1) is 11.3 Å². The first-order valence-electron chi connectivity index (χ1n) is 7.47. The normalized spacial score (nSPS) is 11.2. The fraction of sp³-hybridized carbons (Fsp3) is 0.353. The number of hydrogen-bond acceptors (Lipinski definition) is 4. The first kappa shape index (κ1) is 18.1. The molecule has 2 aromatic rings. The van der Waals surface area contributed by atoms with Crippen molar-refractivity contribution in [3.05, 3.63) is 45.7 Å². The van der Waals surface area contributed by atoms with Crippen molar-refractivity contribution in [2.75, 3.05) is 5.32 Å². The van der Waals surface area contributed by atoms with Crippen LogP contribution in [0.15, 0.2) is 23.6 Å². The van der Waals surface area contributed by atoms with Gasteiger partial charge in [-0.2, -0.15) is 0 Å². The highest BCUT2D eigenvalue weighted by Crippen LogP contribution is 2.25. The molecule has 0 spiro atoms. The molecule has 2 amide bonds. The van der Waals surface area contributed by atoms with E-state index in [2.05, 4.69) is 36.4 Å². The Morgan fingerprint density at radius 2 is 1.96 bits per heavy atom. The molecule has 128 valence electrons. The van der Waals surface area contributed by atoms with Crippen LogP contribution in [0.4, 0.5) is 10.1 Å². The molecular formula is C17H20FN3O2S. The highest BCUT2D eigenvalue weighted by Gasteiger charge is 2.19. The lowest BCUT2D eigenvalue weighted by molar-refractivity contribution is -0.136. The summed E-state index contributed by atoms with van der Waals surface area (Å²) in [6.45, 7) is 8.06. The number of anilines is 1. The molecule has 0 fully saturated rings. The van der Waals surface area contributed by atoms with Gasteiger partial charge >= 0.3 is 11.8 Å². The number of benzene rings is 1. The monoisotopic (exact) mass is 349 g/mol. The second-order valence-electron chi connectivity index (χ2n) is 6.49. The minimum Gasteiger partial charge on any atom is -0.342 e. The Hall–Kier alpha value is -2.28. The van der Waals surface area contributed by atoms with E-state index in [1.54, 1.807) is 6.92 Å². The van der Waals surface area contributed by atoms with Gasteiger partial charge in [-0.05, 0) is 24.6 Å². The van der Waals surface area contributed by atoms with E-state index in [4.69, 9.17) is 0 Å². The number of amides is 2. The van der Waals surface area contributed by atoms with Crippen molar-refractivity contribution in [1.82, 2.24) is 10.3 Å². The summed E-state index contributed by atoms with van der Waals surface area (Å²) in [6, 6.07) is 4.00. The topological polar surface area (TPSA) is 71.1 Å². The van der Waals surface area contributed by atoms with E-state index in [-0.39, 0.29) is 17.6 Å². The number of rotatable bonds is 3. The van der Waals surface area contributed by atoms with Crippen LogP contribution in [-0.2, 0) is 21.5 Å². The number of nitrogens with zero attached hydrogens (tertiary/aromatic N) is 1. The fourth-order valence-corrected chi connectivity index (χ4v) is 2.80. The molecule has 2 N–H and O–H groups in total. The van der Waals surface area contributed by atoms with Gasteiger partial charge in [0.15, 0.2) is 0 Å². The highest BCUT2D eigenvalue weighted by atomic mass is 32.1. The SMILES string of the molecule is Cc1ccc(F)cc1NC(=O)C(=O)NCc1csc(C(C)(C)C)n1. The predicted molar refractivity (Wildman–Crippen MR) is 92.4 cm³/mol. The van der Waals surface area contributed by atoms with Crippen molar-refractivity contribution in [2.24, 2.45) is 0 Å². The number of thiazole rings is 1. The number of aromatic nitrogens is 1. The average molecular weight is 349 g/mol. The summed E-state index contributed by atoms with van der Waals surface area (Å²) in [5, 5.41) is 7.75. The molecule has 24 heavy (non-hydrogen) atoms. The third kappa shape index (κ3) is 4.61. The summed E-state index contributed by atoms with van der Waals surface area (Å²) in [4.78, 5) is 28.2. The van der Waals surface area contributed by atoms with Gasteiger partial charge in [-0.3, -0.25) is 9.59 Å². The van der Waals surface area contributed by atoms with Crippen LogP contribution in [0.2, 0.25) is 0 Å². The first-order valence-corrected chi connectivity index (χ1v) is 8.35. The van der Waals surface area contributed by atoms with E-state index in [9.17, 15) is 14.0 Å². The van der Waals surface area contributed by atoms with Gasteiger partial charge in [0.2, 0.25) is 0 Å². The molecule has 0 radical (unpaired) electrons. The van der Waals surface area contributed by atoms with Crippen molar-refractivity contribution in [1.29, 1.82) is 0 Å². The van der Waals surface area contributed by atoms with Gasteiger partial charge in [0.25, 0.3) is 0 Å². The zero-order valence-electron chi connectivity index (χ0n) is 14.1. The van der Waals surface area contributed by atoms with E-state index in [1.165, 1.54) is 29.5 Å². The number of hydrogen-bond donors (Lipinski definition) is 2. The van der Waals surface area contributed by atoms with Crippen LogP contribution in [0, 0.1) is 12.7 Å². The minimum atomic E-state index is -0.838. The summed E-state index contributed by atoms with van der Waals surface area (Å²) in [5.74, 6) is -2.10. The lowest BCUT2D eigenvalue weighted by Crippen LogP contribution is -2.35. The van der Waals surface area contributed by atoms with Crippen molar-refractivity contribution in [3.63, 3.8) is 0 Å². The summed E-state index contributed by atoms with van der Waals surface area (Å²) in [7, 11) is 0. The number of halogens is 1. The van der Waals surface area contributed by atoms with Crippen LogP contribution in [0.5, 0.6) is 0 Å². The molecule has 0 aliphatic carbocycles. The lowest BCUT2D eigenvalue weighted by atomic mass is 9.98. The Morgan fingerprint density at radius 1 is 1.25 bits per heavy atom. The van der Waals surface area contributed by atoms with Crippen LogP contribution in [0.25, 0.3) is 0 Å². The van der Waals surface area contributed by atoms with E-state index in [0.717, 1.165) is 5.01 Å². The highest BCUT2D eigenvalue weighted by molar-refractivity contribution is 7.09. The second-order valence-corrected chi connectivity index (χ2v) is 7.35. The van der Waals surface area contributed by atoms with Crippen LogP contribution >= 0.6 is 11.3 Å². The van der Waals surface area contributed by atoms with E-state index >= 15 is 0 Å². The summed E-state index contributed by atoms with van der Waals surface area (Å²) in [5.41, 5.74) is 1.60. The molecule has 2 rings (SSSR count). The molecule has 5 nitrogen and oxygen atoms in total. The first-order chi connectivity index (χ1) is 11.2. The van der Waals surface area contributed by atoms with Gasteiger partial charge in [-0.25, -0.2) is 9.37 Å². The maximum absolute atomic E-state index is 13.2. The molecule has 0 saturated carbocycles. The molecule has 0 aliphatic rings. The number of carbonyl (C=O) groups is 2. The Morgan fingerprint density at radius 3 is 2.58 bits per heavy atom. The van der Waals surface area contributed by atoms with Crippen molar-refractivity contribution < 1.29 is 14.0 Å². The van der Waals surface area contributed by atoms with Crippen LogP contribution in [-0.4, -0.2) is 16.8 Å². The zero-order valence-corrected chi connectivity index (χ0v) is 14.9. The second kappa shape index (κ2) is 7.09. The molecule has 1 aromatic carbocycles. The fourth-order valence-electron chi connectivity index (χ4n) is 1.89. The van der Waals surface area contributed by atoms with Gasteiger partial charge < -0.3 is 10.6 Å². The molecule has 0 atom stereocenters. The maximum Gasteiger partial charge on any atom is 0.313 e. The third-order valence-corrected chi connectivity index (χ3v) is 4.59. The van der Waals surface area contributed by atoms with E-state index < -0.39 is 17.6 Å². The van der Waals surface area contributed by atoms with E-state index in [0.29, 0.717) is 11.3 Å². The summed E-state index contributed by atoms with van der Waals surface area (Å²) in [6.07, 6.45) is 0. The van der Waals surface area contributed by atoms with Crippen LogP contribution in [0.3, 0.4) is 0 Å². The molecule has 7 heteroatoms. The van der Waals surface area contributed by atoms with E-state index in [1.807, 2.05) is 5.38 Å². The molecule has 0 saturated heterocycles.